The summed E-state index contributed by atoms with van der Waals surface area (Å²) in [6.45, 7) is 4.74. The molecule has 19 heavy (non-hydrogen) atoms. The number of hydrogen-bond acceptors (Lipinski definition) is 2. The molecular formula is C13H19BrN2O2S. The summed E-state index contributed by atoms with van der Waals surface area (Å²) < 4.78 is 12.2. The molecule has 0 heterocycles. The minimum atomic E-state index is -0.921. The van der Waals surface area contributed by atoms with Gasteiger partial charge in [-0.3, -0.25) is 4.21 Å². The van der Waals surface area contributed by atoms with Crippen LogP contribution in [0.3, 0.4) is 0 Å². The van der Waals surface area contributed by atoms with Crippen LogP contribution in [0, 0.1) is 6.92 Å². The molecular weight excluding hydrogens is 328 g/mol. The Kier molecular flexibility index (Phi) is 6.51. The van der Waals surface area contributed by atoms with Gasteiger partial charge in [-0.05, 0) is 37.1 Å². The summed E-state index contributed by atoms with van der Waals surface area (Å²) in [5.41, 5.74) is 2.20. The average molecular weight is 347 g/mol. The van der Waals surface area contributed by atoms with Crippen LogP contribution in [0.2, 0.25) is 0 Å². The van der Waals surface area contributed by atoms with E-state index in [9.17, 15) is 9.00 Å². The Morgan fingerprint density at radius 2 is 2.11 bits per heavy atom. The first kappa shape index (κ1) is 16.2. The van der Waals surface area contributed by atoms with Crippen molar-refractivity contribution in [1.29, 1.82) is 0 Å². The summed E-state index contributed by atoms with van der Waals surface area (Å²) in [6.07, 6.45) is 1.63. The molecule has 2 N–H and O–H groups in total. The van der Waals surface area contributed by atoms with Crippen LogP contribution in [0.1, 0.15) is 18.1 Å². The Hall–Kier alpha value is -0.880. The van der Waals surface area contributed by atoms with Crippen LogP contribution in [0.15, 0.2) is 22.7 Å². The summed E-state index contributed by atoms with van der Waals surface area (Å²) in [5, 5.41) is 5.46. The molecule has 106 valence electrons. The van der Waals surface area contributed by atoms with Crippen molar-refractivity contribution in [2.45, 2.75) is 25.6 Å². The Balaban J connectivity index is 2.40. The van der Waals surface area contributed by atoms with Gasteiger partial charge >= 0.3 is 6.03 Å². The molecule has 0 saturated heterocycles. The van der Waals surface area contributed by atoms with E-state index in [1.165, 1.54) is 0 Å². The minimum Gasteiger partial charge on any atom is -0.337 e. The summed E-state index contributed by atoms with van der Waals surface area (Å²) in [4.78, 5) is 11.6. The highest BCUT2D eigenvalue weighted by Crippen LogP contribution is 2.15. The van der Waals surface area contributed by atoms with E-state index in [-0.39, 0.29) is 11.3 Å². The Morgan fingerprint density at radius 3 is 2.68 bits per heavy atom. The molecule has 0 unspecified atom stereocenters. The van der Waals surface area contributed by atoms with Gasteiger partial charge in [0, 0.05) is 39.9 Å². The van der Waals surface area contributed by atoms with Crippen LogP contribution >= 0.6 is 15.9 Å². The van der Waals surface area contributed by atoms with Crippen molar-refractivity contribution < 1.29 is 9.00 Å². The standard InChI is InChI=1S/C13H19BrN2O2S/c1-9-6-12(14)5-4-11(9)8-16-13(17)15-7-10(2)19(3)18/h4-6,10H,7-8H2,1-3H3,(H2,15,16,17)/t10-,19-/m0/s1. The van der Waals surface area contributed by atoms with E-state index < -0.39 is 10.8 Å². The fourth-order valence-electron chi connectivity index (χ4n) is 1.45. The van der Waals surface area contributed by atoms with Crippen molar-refractivity contribution in [2.75, 3.05) is 12.8 Å². The summed E-state index contributed by atoms with van der Waals surface area (Å²) in [5.74, 6) is 0. The third-order valence-electron chi connectivity index (χ3n) is 2.86. The zero-order valence-electron chi connectivity index (χ0n) is 11.3. The van der Waals surface area contributed by atoms with E-state index in [1.807, 2.05) is 32.0 Å². The third kappa shape index (κ3) is 5.74. The maximum atomic E-state index is 11.6. The van der Waals surface area contributed by atoms with Gasteiger partial charge in [0.2, 0.25) is 0 Å². The SMILES string of the molecule is Cc1cc(Br)ccc1CNC(=O)NC[C@H](C)[S@](C)=O. The number of carbonyl (C=O) groups is 1. The molecule has 0 fully saturated rings. The molecule has 0 aliphatic heterocycles. The Bertz CT molecular complexity index is 480. The Labute approximate surface area is 124 Å². The molecule has 2 amide bonds. The number of carbonyl (C=O) groups excluding carboxylic acids is 1. The maximum absolute atomic E-state index is 11.6. The summed E-state index contributed by atoms with van der Waals surface area (Å²) in [7, 11) is -0.921. The van der Waals surface area contributed by atoms with Crippen molar-refractivity contribution in [3.8, 4) is 0 Å². The lowest BCUT2D eigenvalue weighted by atomic mass is 10.1. The molecule has 4 nitrogen and oxygen atoms in total. The Morgan fingerprint density at radius 1 is 1.42 bits per heavy atom. The fourth-order valence-corrected chi connectivity index (χ4v) is 2.24. The van der Waals surface area contributed by atoms with Crippen LogP contribution in [0.25, 0.3) is 0 Å². The molecule has 0 aliphatic rings. The number of hydrogen-bond donors (Lipinski definition) is 2. The second-order valence-corrected chi connectivity index (χ2v) is 7.16. The van der Waals surface area contributed by atoms with Gasteiger partial charge in [-0.2, -0.15) is 0 Å². The molecule has 0 saturated carbocycles. The monoisotopic (exact) mass is 346 g/mol. The van der Waals surface area contributed by atoms with E-state index >= 15 is 0 Å². The van der Waals surface area contributed by atoms with E-state index in [0.717, 1.165) is 15.6 Å². The van der Waals surface area contributed by atoms with Crippen LogP contribution < -0.4 is 10.6 Å². The van der Waals surface area contributed by atoms with Crippen molar-refractivity contribution in [3.63, 3.8) is 0 Å². The minimum absolute atomic E-state index is 0.0415. The summed E-state index contributed by atoms with van der Waals surface area (Å²) >= 11 is 3.40. The second-order valence-electron chi connectivity index (χ2n) is 4.44. The van der Waals surface area contributed by atoms with E-state index in [1.54, 1.807) is 6.26 Å². The molecule has 1 aromatic carbocycles. The van der Waals surface area contributed by atoms with Gasteiger partial charge in [-0.25, -0.2) is 4.79 Å². The van der Waals surface area contributed by atoms with Gasteiger partial charge in [0.05, 0.1) is 0 Å². The molecule has 6 heteroatoms. The molecule has 1 aromatic rings. The fraction of sp³-hybridized carbons (Fsp3) is 0.462. The first-order valence-electron chi connectivity index (χ1n) is 5.99. The largest absolute Gasteiger partial charge is 0.337 e. The third-order valence-corrected chi connectivity index (χ3v) is 4.65. The first-order valence-corrected chi connectivity index (χ1v) is 8.40. The van der Waals surface area contributed by atoms with Crippen molar-refractivity contribution in [3.05, 3.63) is 33.8 Å². The van der Waals surface area contributed by atoms with Crippen LogP contribution in [-0.4, -0.2) is 28.3 Å². The van der Waals surface area contributed by atoms with E-state index in [2.05, 4.69) is 26.6 Å². The molecule has 1 rings (SSSR count). The van der Waals surface area contributed by atoms with Gasteiger partial charge in [0.15, 0.2) is 0 Å². The van der Waals surface area contributed by atoms with Gasteiger partial charge in [0.25, 0.3) is 0 Å². The van der Waals surface area contributed by atoms with Crippen molar-refractivity contribution >= 4 is 32.8 Å². The highest BCUT2D eigenvalue weighted by Gasteiger charge is 2.08. The lowest BCUT2D eigenvalue weighted by Gasteiger charge is -2.12. The van der Waals surface area contributed by atoms with Gasteiger partial charge < -0.3 is 10.6 Å². The number of halogens is 1. The van der Waals surface area contributed by atoms with E-state index in [0.29, 0.717) is 13.1 Å². The zero-order chi connectivity index (χ0) is 14.4. The first-order chi connectivity index (χ1) is 8.90. The molecule has 2 atom stereocenters. The topological polar surface area (TPSA) is 58.2 Å². The lowest BCUT2D eigenvalue weighted by molar-refractivity contribution is 0.240. The van der Waals surface area contributed by atoms with E-state index in [4.69, 9.17) is 0 Å². The molecule has 0 bridgehead atoms. The maximum Gasteiger partial charge on any atom is 0.315 e. The number of rotatable bonds is 5. The average Bonchev–Trinajstić information content (AvgIpc) is 2.34. The second kappa shape index (κ2) is 7.65. The number of amides is 2. The highest BCUT2D eigenvalue weighted by molar-refractivity contribution is 9.10. The number of urea groups is 1. The highest BCUT2D eigenvalue weighted by atomic mass is 79.9. The number of nitrogens with one attached hydrogen (secondary N) is 2. The zero-order valence-corrected chi connectivity index (χ0v) is 13.7. The van der Waals surface area contributed by atoms with Gasteiger partial charge in [-0.1, -0.05) is 22.0 Å². The normalized spacial score (nSPS) is 13.7. The number of aryl methyl sites for hydroxylation is 1. The molecule has 0 spiro atoms. The number of benzene rings is 1. The lowest BCUT2D eigenvalue weighted by Crippen LogP contribution is -2.39. The smallest absolute Gasteiger partial charge is 0.315 e. The van der Waals surface area contributed by atoms with Crippen LogP contribution in [-0.2, 0) is 17.3 Å². The van der Waals surface area contributed by atoms with Crippen LogP contribution in [0.5, 0.6) is 0 Å². The van der Waals surface area contributed by atoms with Crippen molar-refractivity contribution in [2.24, 2.45) is 0 Å². The predicted octanol–water partition coefficient (Wildman–Crippen LogP) is 2.32. The predicted molar refractivity (Wildman–Crippen MR) is 82.6 cm³/mol. The van der Waals surface area contributed by atoms with Gasteiger partial charge in [0.1, 0.15) is 0 Å². The molecule has 0 radical (unpaired) electrons. The van der Waals surface area contributed by atoms with Gasteiger partial charge in [-0.15, -0.1) is 0 Å². The molecule has 0 aliphatic carbocycles. The quantitative estimate of drug-likeness (QED) is 0.859. The molecule has 0 aromatic heterocycles. The summed E-state index contributed by atoms with van der Waals surface area (Å²) in [6, 6.07) is 5.70. The van der Waals surface area contributed by atoms with Crippen LogP contribution in [0.4, 0.5) is 4.79 Å². The van der Waals surface area contributed by atoms with Crippen molar-refractivity contribution in [1.82, 2.24) is 10.6 Å².